The van der Waals surface area contributed by atoms with Gasteiger partial charge in [-0.25, -0.2) is 15.0 Å². The minimum Gasteiger partial charge on any atom is -0.490 e. The first-order chi connectivity index (χ1) is 21.5. The third kappa shape index (κ3) is 6.30. The molecule has 6 rings (SSSR count). The maximum absolute atomic E-state index is 12.9. The lowest BCUT2D eigenvalue weighted by atomic mass is 10.0. The number of nitrogen functional groups attached to an aromatic ring is 1. The summed E-state index contributed by atoms with van der Waals surface area (Å²) in [4.78, 5) is 27.2. The number of carbonyl (C=O) groups excluding carboxylic acids is 1. The van der Waals surface area contributed by atoms with Gasteiger partial charge in [-0.05, 0) is 84.1 Å². The van der Waals surface area contributed by atoms with Gasteiger partial charge in [-0.15, -0.1) is 11.3 Å². The van der Waals surface area contributed by atoms with Gasteiger partial charge in [0.15, 0.2) is 0 Å². The van der Waals surface area contributed by atoms with E-state index >= 15 is 0 Å². The Morgan fingerprint density at radius 2 is 1.70 bits per heavy atom. The quantitative estimate of drug-likeness (QED) is 0.126. The molecule has 0 saturated heterocycles. The molecule has 10 heteroatoms. The van der Waals surface area contributed by atoms with Crippen molar-refractivity contribution in [3.63, 3.8) is 0 Å². The number of fused-ring (bicyclic) bond motifs is 1. The summed E-state index contributed by atoms with van der Waals surface area (Å²) in [5.41, 5.74) is 12.1. The summed E-state index contributed by atoms with van der Waals surface area (Å²) in [5.74, 6) is 1.52. The van der Waals surface area contributed by atoms with Gasteiger partial charge >= 0.3 is 0 Å². The highest BCUT2D eigenvalue weighted by Crippen LogP contribution is 2.33. The molecule has 0 aliphatic rings. The van der Waals surface area contributed by atoms with Gasteiger partial charge in [0.2, 0.25) is 5.88 Å². The number of aromatic nitrogens is 3. The Kier molecular flexibility index (Phi) is 8.33. The number of anilines is 2. The smallest absolute Gasteiger partial charge is 0.255 e. The summed E-state index contributed by atoms with van der Waals surface area (Å²) in [7, 11) is 1.59. The van der Waals surface area contributed by atoms with Gasteiger partial charge in [-0.3, -0.25) is 4.79 Å². The lowest BCUT2D eigenvalue weighted by molar-refractivity contribution is 0.102. The largest absolute Gasteiger partial charge is 0.490 e. The Bertz CT molecular complexity index is 1910. The molecule has 9 nitrogen and oxygen atoms in total. The molecule has 0 bridgehead atoms. The predicted octanol–water partition coefficient (Wildman–Crippen LogP) is 7.03. The topological polar surface area (TPSA) is 121 Å². The number of thiophene rings is 1. The van der Waals surface area contributed by atoms with Crippen LogP contribution in [0.15, 0.2) is 96.8 Å². The van der Waals surface area contributed by atoms with Crippen molar-refractivity contribution in [3.8, 4) is 38.9 Å². The third-order valence-corrected chi connectivity index (χ3v) is 7.93. The normalized spacial score (nSPS) is 10.9. The zero-order chi connectivity index (χ0) is 30.5. The molecule has 0 spiro atoms. The number of rotatable bonds is 10. The molecule has 0 aliphatic carbocycles. The van der Waals surface area contributed by atoms with Crippen LogP contribution in [-0.2, 0) is 0 Å². The highest BCUT2D eigenvalue weighted by atomic mass is 32.1. The second-order valence-electron chi connectivity index (χ2n) is 9.87. The van der Waals surface area contributed by atoms with Crippen molar-refractivity contribution in [3.05, 3.63) is 108 Å². The summed E-state index contributed by atoms with van der Waals surface area (Å²) in [6.07, 6.45) is 3.29. The van der Waals surface area contributed by atoms with Crippen LogP contribution >= 0.6 is 11.3 Å². The van der Waals surface area contributed by atoms with Crippen LogP contribution in [0.25, 0.3) is 32.5 Å². The lowest BCUT2D eigenvalue weighted by Gasteiger charge is -2.13. The van der Waals surface area contributed by atoms with Gasteiger partial charge in [0.05, 0.1) is 18.5 Å². The molecule has 0 atom stereocenters. The van der Waals surface area contributed by atoms with E-state index in [0.717, 1.165) is 38.2 Å². The molecule has 6 aromatic rings. The Balaban J connectivity index is 1.09. The molecule has 220 valence electrons. The molecule has 0 aliphatic heterocycles. The molecule has 3 N–H and O–H groups in total. The van der Waals surface area contributed by atoms with Gasteiger partial charge in [0.25, 0.3) is 5.91 Å². The molecule has 3 aromatic carbocycles. The van der Waals surface area contributed by atoms with Crippen LogP contribution in [-0.4, -0.2) is 41.2 Å². The second-order valence-corrected chi connectivity index (χ2v) is 10.8. The van der Waals surface area contributed by atoms with Crippen molar-refractivity contribution in [1.82, 2.24) is 15.0 Å². The van der Waals surface area contributed by atoms with E-state index in [9.17, 15) is 4.79 Å². The monoisotopic (exact) mass is 603 g/mol. The maximum Gasteiger partial charge on any atom is 0.255 e. The van der Waals surface area contributed by atoms with Crippen LogP contribution in [0.3, 0.4) is 0 Å². The molecule has 44 heavy (non-hydrogen) atoms. The Morgan fingerprint density at radius 1 is 0.886 bits per heavy atom. The number of nitrogens with zero attached hydrogens (tertiary/aromatic N) is 3. The molecule has 3 heterocycles. The van der Waals surface area contributed by atoms with Crippen LogP contribution in [0.2, 0.25) is 0 Å². The minimum atomic E-state index is -0.258. The predicted molar refractivity (Wildman–Crippen MR) is 174 cm³/mol. The van der Waals surface area contributed by atoms with Crippen molar-refractivity contribution < 1.29 is 19.0 Å². The number of hydrogen-bond acceptors (Lipinski definition) is 9. The SMILES string of the molecule is COc1ccc(-c2cc(OCCOc3ccc(C(=O)Nc4cc(-c5cccs5)ccc4N)cc3)c3ncnc(C)c3c2)cn1. The molecular weight excluding hydrogens is 574 g/mol. The number of hydrogen-bond donors (Lipinski definition) is 2. The number of nitrogens with two attached hydrogens (primary N) is 1. The van der Waals surface area contributed by atoms with E-state index in [1.54, 1.807) is 55.0 Å². The summed E-state index contributed by atoms with van der Waals surface area (Å²) in [5, 5.41) is 5.82. The average molecular weight is 604 g/mol. The van der Waals surface area contributed by atoms with Gasteiger partial charge in [-0.2, -0.15) is 0 Å². The van der Waals surface area contributed by atoms with Gasteiger partial charge in [-0.1, -0.05) is 12.1 Å². The third-order valence-electron chi connectivity index (χ3n) is 7.02. The first kappa shape index (κ1) is 28.6. The second kappa shape index (κ2) is 12.8. The molecular formula is C34H29N5O4S. The van der Waals surface area contributed by atoms with E-state index in [-0.39, 0.29) is 19.1 Å². The molecule has 0 fully saturated rings. The molecule has 0 saturated carbocycles. The lowest BCUT2D eigenvalue weighted by Crippen LogP contribution is -2.13. The zero-order valence-electron chi connectivity index (χ0n) is 24.1. The number of carbonyl (C=O) groups is 1. The van der Waals surface area contributed by atoms with Crippen LogP contribution in [0.5, 0.6) is 17.4 Å². The Labute approximate surface area is 258 Å². The number of nitrogens with one attached hydrogen (secondary N) is 1. The van der Waals surface area contributed by atoms with Crippen molar-refractivity contribution >= 4 is 39.5 Å². The van der Waals surface area contributed by atoms with Gasteiger partial charge in [0.1, 0.15) is 36.6 Å². The van der Waals surface area contributed by atoms with Crippen LogP contribution < -0.4 is 25.3 Å². The van der Waals surface area contributed by atoms with Crippen LogP contribution in [0, 0.1) is 6.92 Å². The fourth-order valence-corrected chi connectivity index (χ4v) is 5.40. The summed E-state index contributed by atoms with van der Waals surface area (Å²) in [6, 6.07) is 24.3. The summed E-state index contributed by atoms with van der Waals surface area (Å²) in [6.45, 7) is 2.51. The van der Waals surface area contributed by atoms with Crippen molar-refractivity contribution in [2.45, 2.75) is 6.92 Å². The van der Waals surface area contributed by atoms with Crippen molar-refractivity contribution in [2.75, 3.05) is 31.4 Å². The van der Waals surface area contributed by atoms with Gasteiger partial charge in [0, 0.05) is 39.3 Å². The number of pyridine rings is 1. The van der Waals surface area contributed by atoms with E-state index < -0.39 is 0 Å². The highest BCUT2D eigenvalue weighted by Gasteiger charge is 2.13. The Morgan fingerprint density at radius 3 is 2.45 bits per heavy atom. The number of aryl methyl sites for hydroxylation is 1. The number of benzene rings is 3. The van der Waals surface area contributed by atoms with Gasteiger partial charge < -0.3 is 25.3 Å². The van der Waals surface area contributed by atoms with E-state index in [1.165, 1.54) is 6.33 Å². The van der Waals surface area contributed by atoms with Crippen LogP contribution in [0.4, 0.5) is 11.4 Å². The summed E-state index contributed by atoms with van der Waals surface area (Å²) < 4.78 is 17.2. The molecule has 0 radical (unpaired) electrons. The van der Waals surface area contributed by atoms with Crippen molar-refractivity contribution in [1.29, 1.82) is 0 Å². The minimum absolute atomic E-state index is 0.258. The molecule has 1 amide bonds. The zero-order valence-corrected chi connectivity index (χ0v) is 24.9. The number of ether oxygens (including phenoxy) is 3. The average Bonchev–Trinajstić information content (AvgIpc) is 3.60. The summed E-state index contributed by atoms with van der Waals surface area (Å²) >= 11 is 1.63. The first-order valence-corrected chi connectivity index (χ1v) is 14.7. The first-order valence-electron chi connectivity index (χ1n) is 13.8. The Hall–Kier alpha value is -5.48. The maximum atomic E-state index is 12.9. The van der Waals surface area contributed by atoms with E-state index in [1.807, 2.05) is 60.8 Å². The van der Waals surface area contributed by atoms with E-state index in [2.05, 4.69) is 20.3 Å². The van der Waals surface area contributed by atoms with E-state index in [4.69, 9.17) is 19.9 Å². The number of methoxy groups -OCH3 is 1. The highest BCUT2D eigenvalue weighted by molar-refractivity contribution is 7.13. The standard InChI is InChI=1S/C34H29N5O4S/c1-21-27-16-25(24-8-12-32(41-2)36-19-24)18-30(33(27)38-20-37-21)43-14-13-42-26-9-5-22(6-10-26)34(40)39-29-17-23(7-11-28(29)35)31-4-3-15-44-31/h3-12,15-20H,13-14,35H2,1-2H3,(H,39,40). The fraction of sp³-hybridized carbons (Fsp3) is 0.118. The van der Waals surface area contributed by atoms with Crippen LogP contribution in [0.1, 0.15) is 16.1 Å². The molecule has 0 unspecified atom stereocenters. The van der Waals surface area contributed by atoms with Crippen molar-refractivity contribution in [2.24, 2.45) is 0 Å². The molecule has 3 aromatic heterocycles. The fourth-order valence-electron chi connectivity index (χ4n) is 4.68. The van der Waals surface area contributed by atoms with E-state index in [0.29, 0.717) is 34.3 Å². The number of amides is 1.